The summed E-state index contributed by atoms with van der Waals surface area (Å²) in [7, 11) is 1.90. The molecule has 3 aromatic carbocycles. The summed E-state index contributed by atoms with van der Waals surface area (Å²) in [6, 6.07) is 18.7. The first kappa shape index (κ1) is 18.4. The molecule has 7 heteroatoms. The fraction of sp³-hybridized carbons (Fsp3) is 0.130. The highest BCUT2D eigenvalue weighted by molar-refractivity contribution is 7.17. The number of thiazole rings is 1. The smallest absolute Gasteiger partial charge is 0.279 e. The summed E-state index contributed by atoms with van der Waals surface area (Å²) in [5.41, 5.74) is 1.91. The van der Waals surface area contributed by atoms with Crippen molar-refractivity contribution in [1.29, 1.82) is 0 Å². The van der Waals surface area contributed by atoms with Gasteiger partial charge in [-0.05, 0) is 35.7 Å². The molecule has 5 rings (SSSR count). The normalized spacial score (nSPS) is 15.0. The number of hydrogen-bond acceptors (Lipinski definition) is 4. The zero-order chi connectivity index (χ0) is 20.8. The molecule has 0 bridgehead atoms. The van der Waals surface area contributed by atoms with Crippen LogP contribution in [0.4, 0.5) is 5.69 Å². The molecule has 30 heavy (non-hydrogen) atoms. The lowest BCUT2D eigenvalue weighted by atomic mass is 10.1. The van der Waals surface area contributed by atoms with Gasteiger partial charge in [0.1, 0.15) is 0 Å². The number of amides is 3. The summed E-state index contributed by atoms with van der Waals surface area (Å²) in [5.74, 6) is -0.798. The van der Waals surface area contributed by atoms with Gasteiger partial charge in [0, 0.05) is 30.8 Å². The van der Waals surface area contributed by atoms with Crippen LogP contribution in [-0.2, 0) is 16.6 Å². The van der Waals surface area contributed by atoms with Crippen LogP contribution >= 0.6 is 11.3 Å². The molecule has 0 spiro atoms. The van der Waals surface area contributed by atoms with Gasteiger partial charge in [0.15, 0.2) is 4.80 Å². The van der Waals surface area contributed by atoms with Crippen LogP contribution < -0.4 is 9.70 Å². The number of carbonyl (C=O) groups is 3. The fourth-order valence-electron chi connectivity index (χ4n) is 3.73. The van der Waals surface area contributed by atoms with Crippen molar-refractivity contribution >= 4 is 55.7 Å². The highest BCUT2D eigenvalue weighted by Crippen LogP contribution is 2.27. The number of aromatic nitrogens is 1. The Morgan fingerprint density at radius 2 is 1.63 bits per heavy atom. The number of fused-ring (bicyclic) bond motifs is 3. The lowest BCUT2D eigenvalue weighted by molar-refractivity contribution is -0.121. The third-order valence-electron chi connectivity index (χ3n) is 5.32. The van der Waals surface area contributed by atoms with Gasteiger partial charge in [-0.15, -0.1) is 0 Å². The molecule has 0 saturated carbocycles. The Labute approximate surface area is 175 Å². The highest BCUT2D eigenvalue weighted by atomic mass is 32.1. The number of benzene rings is 3. The number of carbonyl (C=O) groups excluding carboxylic acids is 3. The van der Waals surface area contributed by atoms with E-state index >= 15 is 0 Å². The van der Waals surface area contributed by atoms with E-state index in [9.17, 15) is 14.4 Å². The number of aryl methyl sites for hydroxylation is 1. The molecule has 2 heterocycles. The van der Waals surface area contributed by atoms with Crippen molar-refractivity contribution in [3.8, 4) is 0 Å². The van der Waals surface area contributed by atoms with Crippen molar-refractivity contribution in [3.63, 3.8) is 0 Å². The number of imide groups is 1. The molecule has 6 nitrogen and oxygen atoms in total. The van der Waals surface area contributed by atoms with Crippen LogP contribution in [0.2, 0.25) is 0 Å². The number of anilines is 1. The molecule has 3 amide bonds. The first-order chi connectivity index (χ1) is 14.5. The van der Waals surface area contributed by atoms with E-state index in [0.29, 0.717) is 16.1 Å². The molecule has 0 atom stereocenters. The molecular weight excluding hydrogens is 398 g/mol. The molecule has 1 aromatic heterocycles. The first-order valence-corrected chi connectivity index (χ1v) is 10.4. The fourth-order valence-corrected chi connectivity index (χ4v) is 4.88. The lowest BCUT2D eigenvalue weighted by Gasteiger charge is -2.13. The van der Waals surface area contributed by atoms with Crippen LogP contribution in [0.25, 0.3) is 21.0 Å². The summed E-state index contributed by atoms with van der Waals surface area (Å²) < 4.78 is 3.00. The number of hydrogen-bond donors (Lipinski definition) is 0. The van der Waals surface area contributed by atoms with Gasteiger partial charge in [0.2, 0.25) is 11.8 Å². The van der Waals surface area contributed by atoms with Gasteiger partial charge in [-0.3, -0.25) is 19.3 Å². The highest BCUT2D eigenvalue weighted by Gasteiger charge is 2.30. The number of nitrogens with zero attached hydrogens (tertiary/aromatic N) is 3. The quantitative estimate of drug-likeness (QED) is 0.468. The Hall–Kier alpha value is -3.58. The van der Waals surface area contributed by atoms with E-state index in [1.165, 1.54) is 16.2 Å². The van der Waals surface area contributed by atoms with Crippen LogP contribution in [0, 0.1) is 0 Å². The molecule has 148 valence electrons. The van der Waals surface area contributed by atoms with Crippen molar-refractivity contribution in [2.45, 2.75) is 12.8 Å². The standard InChI is InChI=1S/C23H17N3O3S/c1-25-18-11-8-14-4-2-3-5-17(14)21(18)30-23(25)24-22(29)15-6-9-16(10-7-15)26-19(27)12-13-20(26)28/h2-11H,12-13H2,1H3. The van der Waals surface area contributed by atoms with Gasteiger partial charge in [0.25, 0.3) is 5.91 Å². The van der Waals surface area contributed by atoms with Crippen LogP contribution in [0.3, 0.4) is 0 Å². The average molecular weight is 415 g/mol. The SMILES string of the molecule is Cn1c(=NC(=O)c2ccc(N3C(=O)CCC3=O)cc2)sc2c3ccccc3ccc21. The van der Waals surface area contributed by atoms with Gasteiger partial charge in [0.05, 0.1) is 15.9 Å². The lowest BCUT2D eigenvalue weighted by Crippen LogP contribution is -2.28. The zero-order valence-corrected chi connectivity index (χ0v) is 17.0. The summed E-state index contributed by atoms with van der Waals surface area (Å²) in [6.07, 6.45) is 0.456. The second kappa shape index (κ2) is 7.03. The van der Waals surface area contributed by atoms with E-state index in [1.807, 2.05) is 29.8 Å². The van der Waals surface area contributed by atoms with E-state index in [4.69, 9.17) is 0 Å². The van der Waals surface area contributed by atoms with Crippen LogP contribution in [-0.4, -0.2) is 22.3 Å². The second-order valence-corrected chi connectivity index (χ2v) is 8.14. The Kier molecular flexibility index (Phi) is 4.33. The third kappa shape index (κ3) is 2.95. The predicted octanol–water partition coefficient (Wildman–Crippen LogP) is 3.79. The van der Waals surface area contributed by atoms with Gasteiger partial charge in [-0.1, -0.05) is 41.7 Å². The maximum atomic E-state index is 12.7. The van der Waals surface area contributed by atoms with Crippen LogP contribution in [0.5, 0.6) is 0 Å². The minimum absolute atomic E-state index is 0.215. The monoisotopic (exact) mass is 415 g/mol. The van der Waals surface area contributed by atoms with Gasteiger partial charge < -0.3 is 4.57 Å². The molecular formula is C23H17N3O3S. The molecule has 0 radical (unpaired) electrons. The van der Waals surface area contributed by atoms with Crippen LogP contribution in [0.15, 0.2) is 65.7 Å². The largest absolute Gasteiger partial charge is 0.319 e. The minimum Gasteiger partial charge on any atom is -0.319 e. The Morgan fingerprint density at radius 3 is 2.37 bits per heavy atom. The van der Waals surface area contributed by atoms with Crippen molar-refractivity contribution in [2.75, 3.05) is 4.90 Å². The van der Waals surface area contributed by atoms with Crippen molar-refractivity contribution in [3.05, 3.63) is 71.0 Å². The summed E-state index contributed by atoms with van der Waals surface area (Å²) >= 11 is 1.48. The van der Waals surface area contributed by atoms with Gasteiger partial charge in [-0.2, -0.15) is 4.99 Å². The molecule has 0 aliphatic carbocycles. The van der Waals surface area contributed by atoms with E-state index in [1.54, 1.807) is 24.3 Å². The maximum Gasteiger partial charge on any atom is 0.279 e. The molecule has 4 aromatic rings. The summed E-state index contributed by atoms with van der Waals surface area (Å²) in [6.45, 7) is 0. The number of rotatable bonds is 2. The Morgan fingerprint density at radius 1 is 0.933 bits per heavy atom. The predicted molar refractivity (Wildman–Crippen MR) is 116 cm³/mol. The topological polar surface area (TPSA) is 71.7 Å². The molecule has 0 unspecified atom stereocenters. The van der Waals surface area contributed by atoms with Gasteiger partial charge >= 0.3 is 0 Å². The Bertz CT molecular complexity index is 1400. The van der Waals surface area contributed by atoms with Crippen molar-refractivity contribution in [2.24, 2.45) is 12.0 Å². The van der Waals surface area contributed by atoms with Crippen molar-refractivity contribution < 1.29 is 14.4 Å². The van der Waals surface area contributed by atoms with E-state index in [2.05, 4.69) is 23.2 Å². The molecule has 1 saturated heterocycles. The van der Waals surface area contributed by atoms with E-state index < -0.39 is 0 Å². The zero-order valence-electron chi connectivity index (χ0n) is 16.2. The van der Waals surface area contributed by atoms with E-state index in [-0.39, 0.29) is 30.6 Å². The first-order valence-electron chi connectivity index (χ1n) is 9.55. The third-order valence-corrected chi connectivity index (χ3v) is 6.50. The average Bonchev–Trinajstić information content (AvgIpc) is 3.27. The maximum absolute atomic E-state index is 12.7. The van der Waals surface area contributed by atoms with Crippen molar-refractivity contribution in [1.82, 2.24) is 4.57 Å². The van der Waals surface area contributed by atoms with Crippen LogP contribution in [0.1, 0.15) is 23.2 Å². The molecule has 1 aliphatic rings. The summed E-state index contributed by atoms with van der Waals surface area (Å²) in [5, 5.41) is 2.28. The Balaban J connectivity index is 1.52. The minimum atomic E-state index is -0.368. The van der Waals surface area contributed by atoms with Gasteiger partial charge in [-0.25, -0.2) is 0 Å². The molecule has 0 N–H and O–H groups in total. The van der Waals surface area contributed by atoms with E-state index in [0.717, 1.165) is 21.0 Å². The molecule has 1 fully saturated rings. The second-order valence-electron chi connectivity index (χ2n) is 7.17. The summed E-state index contributed by atoms with van der Waals surface area (Å²) in [4.78, 5) is 42.6. The molecule has 1 aliphatic heterocycles.